The third kappa shape index (κ3) is 1.96. The normalized spacial score (nSPS) is 10.9. The highest BCUT2D eigenvalue weighted by Crippen LogP contribution is 2.28. The standard InChI is InChI=1S/C14H11ClFN3O/c1-20-9-3-5-12-13(7-9)19(14(17)18-12)8-2-4-10(15)11(16)6-8/h2-7H,1H3,(H2,17,18). The molecule has 0 saturated carbocycles. The van der Waals surface area contributed by atoms with E-state index in [9.17, 15) is 4.39 Å². The predicted molar refractivity (Wildman–Crippen MR) is 77.0 cm³/mol. The number of rotatable bonds is 2. The van der Waals surface area contributed by atoms with Gasteiger partial charge in [0.25, 0.3) is 0 Å². The van der Waals surface area contributed by atoms with Crippen LogP contribution in [0.15, 0.2) is 36.4 Å². The van der Waals surface area contributed by atoms with Gasteiger partial charge in [-0.2, -0.15) is 0 Å². The third-order valence-corrected chi connectivity index (χ3v) is 3.36. The molecule has 20 heavy (non-hydrogen) atoms. The topological polar surface area (TPSA) is 53.1 Å². The molecule has 3 rings (SSSR count). The van der Waals surface area contributed by atoms with Crippen molar-refractivity contribution in [3.05, 3.63) is 47.2 Å². The minimum atomic E-state index is -0.506. The lowest BCUT2D eigenvalue weighted by atomic mass is 10.2. The van der Waals surface area contributed by atoms with Gasteiger partial charge in [-0.3, -0.25) is 4.57 Å². The number of nitrogens with zero attached hydrogens (tertiary/aromatic N) is 2. The van der Waals surface area contributed by atoms with Crippen molar-refractivity contribution in [3.8, 4) is 11.4 Å². The maximum absolute atomic E-state index is 13.6. The molecule has 0 radical (unpaired) electrons. The maximum Gasteiger partial charge on any atom is 0.205 e. The number of fused-ring (bicyclic) bond motifs is 1. The summed E-state index contributed by atoms with van der Waals surface area (Å²) in [7, 11) is 1.58. The first kappa shape index (κ1) is 12.7. The van der Waals surface area contributed by atoms with Crippen LogP contribution in [-0.4, -0.2) is 16.7 Å². The van der Waals surface area contributed by atoms with Crippen molar-refractivity contribution in [1.82, 2.24) is 9.55 Å². The second kappa shape index (κ2) is 4.68. The minimum absolute atomic E-state index is 0.0642. The number of hydrogen-bond acceptors (Lipinski definition) is 3. The van der Waals surface area contributed by atoms with E-state index in [1.165, 1.54) is 12.1 Å². The van der Waals surface area contributed by atoms with Gasteiger partial charge in [-0.1, -0.05) is 11.6 Å². The molecule has 0 amide bonds. The molecule has 0 saturated heterocycles. The molecule has 0 aliphatic rings. The highest BCUT2D eigenvalue weighted by molar-refractivity contribution is 6.30. The zero-order valence-corrected chi connectivity index (χ0v) is 11.4. The summed E-state index contributed by atoms with van der Waals surface area (Å²) in [5, 5.41) is 0.0642. The van der Waals surface area contributed by atoms with Gasteiger partial charge in [0, 0.05) is 6.07 Å². The molecule has 4 nitrogen and oxygen atoms in total. The van der Waals surface area contributed by atoms with Gasteiger partial charge < -0.3 is 10.5 Å². The molecule has 1 aromatic heterocycles. The number of benzene rings is 2. The Bertz CT molecular complexity index is 800. The number of imidazole rings is 1. The molecule has 6 heteroatoms. The van der Waals surface area contributed by atoms with E-state index >= 15 is 0 Å². The molecule has 3 aromatic rings. The summed E-state index contributed by atoms with van der Waals surface area (Å²) in [5.41, 5.74) is 7.92. The van der Waals surface area contributed by atoms with E-state index in [0.29, 0.717) is 17.0 Å². The molecule has 0 aliphatic carbocycles. The maximum atomic E-state index is 13.6. The van der Waals surface area contributed by atoms with Crippen molar-refractivity contribution in [2.45, 2.75) is 0 Å². The second-order valence-electron chi connectivity index (χ2n) is 4.26. The highest BCUT2D eigenvalue weighted by Gasteiger charge is 2.12. The molecule has 0 unspecified atom stereocenters. The Morgan fingerprint density at radius 2 is 2.05 bits per heavy atom. The van der Waals surface area contributed by atoms with Gasteiger partial charge in [-0.15, -0.1) is 0 Å². The van der Waals surface area contributed by atoms with Gasteiger partial charge in [0.05, 0.1) is 28.9 Å². The van der Waals surface area contributed by atoms with Gasteiger partial charge in [-0.25, -0.2) is 9.37 Å². The summed E-state index contributed by atoms with van der Waals surface area (Å²) in [6.07, 6.45) is 0. The predicted octanol–water partition coefficient (Wildman–Crippen LogP) is 3.41. The van der Waals surface area contributed by atoms with Gasteiger partial charge in [0.1, 0.15) is 11.6 Å². The smallest absolute Gasteiger partial charge is 0.205 e. The zero-order valence-electron chi connectivity index (χ0n) is 10.6. The molecule has 2 aromatic carbocycles. The van der Waals surface area contributed by atoms with Crippen LogP contribution in [-0.2, 0) is 0 Å². The lowest BCUT2D eigenvalue weighted by molar-refractivity contribution is 0.415. The molecule has 102 valence electrons. The van der Waals surface area contributed by atoms with E-state index in [2.05, 4.69) is 4.98 Å². The fourth-order valence-electron chi connectivity index (χ4n) is 2.10. The van der Waals surface area contributed by atoms with Crippen LogP contribution >= 0.6 is 11.6 Å². The number of aromatic nitrogens is 2. The van der Waals surface area contributed by atoms with E-state index in [-0.39, 0.29) is 11.0 Å². The Morgan fingerprint density at radius 3 is 2.75 bits per heavy atom. The molecule has 0 bridgehead atoms. The van der Waals surface area contributed by atoms with Crippen LogP contribution in [0, 0.1) is 5.82 Å². The number of halogens is 2. The van der Waals surface area contributed by atoms with Crippen molar-refractivity contribution in [3.63, 3.8) is 0 Å². The molecule has 1 heterocycles. The van der Waals surface area contributed by atoms with Crippen molar-refractivity contribution in [2.24, 2.45) is 0 Å². The van der Waals surface area contributed by atoms with Crippen LogP contribution in [0.25, 0.3) is 16.7 Å². The van der Waals surface area contributed by atoms with Gasteiger partial charge in [-0.05, 0) is 30.3 Å². The zero-order chi connectivity index (χ0) is 14.3. The first-order valence-corrected chi connectivity index (χ1v) is 6.25. The lowest BCUT2D eigenvalue weighted by Gasteiger charge is -2.08. The molecule has 2 N–H and O–H groups in total. The number of ether oxygens (including phenoxy) is 1. The second-order valence-corrected chi connectivity index (χ2v) is 4.67. The number of nitrogens with two attached hydrogens (primary N) is 1. The summed E-state index contributed by atoms with van der Waals surface area (Å²) in [5.74, 6) is 0.441. The minimum Gasteiger partial charge on any atom is -0.497 e. The summed E-state index contributed by atoms with van der Waals surface area (Å²) in [4.78, 5) is 4.25. The first-order valence-electron chi connectivity index (χ1n) is 5.87. The van der Waals surface area contributed by atoms with E-state index < -0.39 is 5.82 Å². The largest absolute Gasteiger partial charge is 0.497 e. The molecular formula is C14H11ClFN3O. The Hall–Kier alpha value is -2.27. The van der Waals surface area contributed by atoms with Crippen LogP contribution in [0.1, 0.15) is 0 Å². The van der Waals surface area contributed by atoms with Gasteiger partial charge >= 0.3 is 0 Å². The van der Waals surface area contributed by atoms with Crippen molar-refractivity contribution < 1.29 is 9.13 Å². The first-order chi connectivity index (χ1) is 9.60. The Balaban J connectivity index is 2.28. The molecule has 0 atom stereocenters. The van der Waals surface area contributed by atoms with Crippen LogP contribution in [0.3, 0.4) is 0 Å². The van der Waals surface area contributed by atoms with Crippen molar-refractivity contribution in [2.75, 3.05) is 12.8 Å². The summed E-state index contributed by atoms with van der Waals surface area (Å²) < 4.78 is 20.5. The van der Waals surface area contributed by atoms with Crippen molar-refractivity contribution in [1.29, 1.82) is 0 Å². The van der Waals surface area contributed by atoms with E-state index in [4.69, 9.17) is 22.1 Å². The lowest BCUT2D eigenvalue weighted by Crippen LogP contribution is -2.01. The molecule has 0 fully saturated rings. The van der Waals surface area contributed by atoms with Gasteiger partial charge in [0.15, 0.2) is 0 Å². The average Bonchev–Trinajstić information content (AvgIpc) is 2.77. The van der Waals surface area contributed by atoms with E-state index in [0.717, 1.165) is 5.52 Å². The van der Waals surface area contributed by atoms with Gasteiger partial charge in [0.2, 0.25) is 5.95 Å². The summed E-state index contributed by atoms with van der Waals surface area (Å²) in [6, 6.07) is 9.87. The molecule has 0 spiro atoms. The number of nitrogen functional groups attached to an aromatic ring is 1. The monoisotopic (exact) mass is 291 g/mol. The number of hydrogen-bond donors (Lipinski definition) is 1. The Kier molecular flexibility index (Phi) is 2.99. The van der Waals surface area contributed by atoms with Crippen LogP contribution in [0.5, 0.6) is 5.75 Å². The SMILES string of the molecule is COc1ccc2nc(N)n(-c3ccc(Cl)c(F)c3)c2c1. The third-order valence-electron chi connectivity index (χ3n) is 3.05. The average molecular weight is 292 g/mol. The fourth-order valence-corrected chi connectivity index (χ4v) is 2.21. The Morgan fingerprint density at radius 1 is 1.25 bits per heavy atom. The molecular weight excluding hydrogens is 281 g/mol. The van der Waals surface area contributed by atoms with Crippen LogP contribution < -0.4 is 10.5 Å². The fraction of sp³-hybridized carbons (Fsp3) is 0.0714. The summed E-state index contributed by atoms with van der Waals surface area (Å²) >= 11 is 5.70. The summed E-state index contributed by atoms with van der Waals surface area (Å²) in [6.45, 7) is 0. The number of anilines is 1. The quantitative estimate of drug-likeness (QED) is 0.787. The Labute approximate surface area is 119 Å². The molecule has 0 aliphatic heterocycles. The highest BCUT2D eigenvalue weighted by atomic mass is 35.5. The van der Waals surface area contributed by atoms with Crippen LogP contribution in [0.2, 0.25) is 5.02 Å². The van der Waals surface area contributed by atoms with Crippen LogP contribution in [0.4, 0.5) is 10.3 Å². The van der Waals surface area contributed by atoms with Crippen molar-refractivity contribution >= 4 is 28.6 Å². The van der Waals surface area contributed by atoms with E-state index in [1.807, 2.05) is 0 Å². The number of methoxy groups -OCH3 is 1. The van der Waals surface area contributed by atoms with E-state index in [1.54, 1.807) is 35.9 Å².